The molecule has 5 heteroatoms. The van der Waals surface area contributed by atoms with E-state index < -0.39 is 5.54 Å². The minimum absolute atomic E-state index is 0.110. The molecule has 84 valence electrons. The second-order valence-corrected chi connectivity index (χ2v) is 5.32. The van der Waals surface area contributed by atoms with Crippen LogP contribution in [-0.2, 0) is 0 Å². The van der Waals surface area contributed by atoms with E-state index in [0.717, 1.165) is 5.56 Å². The standard InChI is InChI=1S/C10H14ClNO2S/c1-6-4-15-8(7(6)11)9(14)12-10(2,3)5-13/h4,13H,5H2,1-3H3,(H,12,14). The maximum atomic E-state index is 11.8. The highest BCUT2D eigenvalue weighted by molar-refractivity contribution is 7.13. The number of halogens is 1. The smallest absolute Gasteiger partial charge is 0.263 e. The van der Waals surface area contributed by atoms with Crippen molar-refractivity contribution in [2.75, 3.05) is 6.61 Å². The fourth-order valence-electron chi connectivity index (χ4n) is 0.987. The van der Waals surface area contributed by atoms with Crippen LogP contribution in [0.15, 0.2) is 5.38 Å². The molecule has 3 nitrogen and oxygen atoms in total. The highest BCUT2D eigenvalue weighted by atomic mass is 35.5. The Bertz CT molecular complexity index is 373. The summed E-state index contributed by atoms with van der Waals surface area (Å²) >= 11 is 7.27. The number of rotatable bonds is 3. The molecule has 1 rings (SSSR count). The van der Waals surface area contributed by atoms with Gasteiger partial charge in [-0.2, -0.15) is 0 Å². The van der Waals surface area contributed by atoms with E-state index in [9.17, 15) is 4.79 Å². The third-order valence-corrected chi connectivity index (χ3v) is 3.65. The molecule has 0 aromatic carbocycles. The summed E-state index contributed by atoms with van der Waals surface area (Å²) < 4.78 is 0. The third-order valence-electron chi connectivity index (χ3n) is 1.95. The van der Waals surface area contributed by atoms with Crippen LogP contribution in [0.25, 0.3) is 0 Å². The van der Waals surface area contributed by atoms with Gasteiger partial charge in [0, 0.05) is 0 Å². The molecule has 0 radical (unpaired) electrons. The van der Waals surface area contributed by atoms with Gasteiger partial charge in [-0.05, 0) is 31.7 Å². The topological polar surface area (TPSA) is 49.3 Å². The van der Waals surface area contributed by atoms with Gasteiger partial charge < -0.3 is 10.4 Å². The predicted octanol–water partition coefficient (Wildman–Crippen LogP) is 2.21. The number of hydrogen-bond donors (Lipinski definition) is 2. The highest BCUT2D eigenvalue weighted by Gasteiger charge is 2.22. The fourth-order valence-corrected chi connectivity index (χ4v) is 2.16. The first-order valence-electron chi connectivity index (χ1n) is 4.54. The van der Waals surface area contributed by atoms with Crippen molar-refractivity contribution in [1.82, 2.24) is 5.32 Å². The van der Waals surface area contributed by atoms with E-state index in [0.29, 0.717) is 9.90 Å². The largest absolute Gasteiger partial charge is 0.394 e. The lowest BCUT2D eigenvalue weighted by Gasteiger charge is -2.23. The number of aliphatic hydroxyl groups excluding tert-OH is 1. The number of thiophene rings is 1. The molecule has 1 heterocycles. The number of hydrogen-bond acceptors (Lipinski definition) is 3. The minimum atomic E-state index is -0.627. The predicted molar refractivity (Wildman–Crippen MR) is 62.7 cm³/mol. The summed E-state index contributed by atoms with van der Waals surface area (Å²) in [7, 11) is 0. The SMILES string of the molecule is Cc1csc(C(=O)NC(C)(C)CO)c1Cl. The molecular formula is C10H14ClNO2S. The van der Waals surface area contributed by atoms with Gasteiger partial charge in [-0.25, -0.2) is 0 Å². The lowest BCUT2D eigenvalue weighted by atomic mass is 10.1. The molecule has 0 aliphatic carbocycles. The van der Waals surface area contributed by atoms with Crippen LogP contribution in [0.1, 0.15) is 29.1 Å². The number of aryl methyl sites for hydroxylation is 1. The Morgan fingerprint density at radius 2 is 2.27 bits per heavy atom. The monoisotopic (exact) mass is 247 g/mol. The van der Waals surface area contributed by atoms with E-state index in [2.05, 4.69) is 5.32 Å². The Kier molecular flexibility index (Phi) is 3.76. The normalized spacial score (nSPS) is 11.5. The fraction of sp³-hybridized carbons (Fsp3) is 0.500. The molecule has 0 unspecified atom stereocenters. The van der Waals surface area contributed by atoms with Crippen LogP contribution in [-0.4, -0.2) is 23.2 Å². The zero-order chi connectivity index (χ0) is 11.6. The summed E-state index contributed by atoms with van der Waals surface area (Å²) in [5.74, 6) is -0.239. The van der Waals surface area contributed by atoms with Crippen LogP contribution in [0, 0.1) is 6.92 Å². The Morgan fingerprint density at radius 3 is 2.67 bits per heavy atom. The molecule has 1 aromatic rings. The molecule has 0 saturated heterocycles. The van der Waals surface area contributed by atoms with E-state index in [1.165, 1.54) is 11.3 Å². The van der Waals surface area contributed by atoms with Gasteiger partial charge >= 0.3 is 0 Å². The Labute approximate surface area is 98.1 Å². The van der Waals surface area contributed by atoms with Crippen molar-refractivity contribution < 1.29 is 9.90 Å². The summed E-state index contributed by atoms with van der Waals surface area (Å²) in [4.78, 5) is 12.3. The molecule has 2 N–H and O–H groups in total. The van der Waals surface area contributed by atoms with Gasteiger partial charge in [0.25, 0.3) is 5.91 Å². The van der Waals surface area contributed by atoms with Gasteiger partial charge in [-0.3, -0.25) is 4.79 Å². The van der Waals surface area contributed by atoms with Crippen molar-refractivity contribution in [2.24, 2.45) is 0 Å². The number of nitrogens with one attached hydrogen (secondary N) is 1. The lowest BCUT2D eigenvalue weighted by Crippen LogP contribution is -2.46. The Hall–Kier alpha value is -0.580. The maximum Gasteiger partial charge on any atom is 0.263 e. The zero-order valence-corrected chi connectivity index (χ0v) is 10.5. The van der Waals surface area contributed by atoms with Gasteiger partial charge in [0.2, 0.25) is 0 Å². The number of carbonyl (C=O) groups is 1. The molecule has 0 atom stereocenters. The third kappa shape index (κ3) is 2.93. The average molecular weight is 248 g/mol. The van der Waals surface area contributed by atoms with Crippen molar-refractivity contribution in [1.29, 1.82) is 0 Å². The van der Waals surface area contributed by atoms with Crippen LogP contribution in [0.4, 0.5) is 0 Å². The summed E-state index contributed by atoms with van der Waals surface area (Å²) in [6, 6.07) is 0. The first-order chi connectivity index (χ1) is 6.87. The average Bonchev–Trinajstić information content (AvgIpc) is 2.47. The van der Waals surface area contributed by atoms with Crippen LogP contribution >= 0.6 is 22.9 Å². The first kappa shape index (κ1) is 12.5. The molecule has 15 heavy (non-hydrogen) atoms. The zero-order valence-electron chi connectivity index (χ0n) is 8.93. The molecule has 1 amide bonds. The summed E-state index contributed by atoms with van der Waals surface area (Å²) in [6.45, 7) is 5.24. The molecule has 0 fully saturated rings. The lowest BCUT2D eigenvalue weighted by molar-refractivity contribution is 0.0873. The van der Waals surface area contributed by atoms with Gasteiger partial charge in [0.05, 0.1) is 17.2 Å². The molecular weight excluding hydrogens is 234 g/mol. The van der Waals surface area contributed by atoms with Gasteiger partial charge in [-0.15, -0.1) is 11.3 Å². The van der Waals surface area contributed by atoms with E-state index in [1.54, 1.807) is 13.8 Å². The van der Waals surface area contributed by atoms with Crippen molar-refractivity contribution in [3.63, 3.8) is 0 Å². The summed E-state index contributed by atoms with van der Waals surface area (Å²) in [6.07, 6.45) is 0. The van der Waals surface area contributed by atoms with Crippen molar-refractivity contribution in [3.8, 4) is 0 Å². The van der Waals surface area contributed by atoms with Gasteiger partial charge in [0.1, 0.15) is 4.88 Å². The number of carbonyl (C=O) groups excluding carboxylic acids is 1. The molecule has 0 aliphatic rings. The van der Waals surface area contributed by atoms with Crippen LogP contribution in [0.5, 0.6) is 0 Å². The van der Waals surface area contributed by atoms with Gasteiger partial charge in [-0.1, -0.05) is 11.6 Å². The van der Waals surface area contributed by atoms with Crippen molar-refractivity contribution in [3.05, 3.63) is 20.8 Å². The molecule has 0 aliphatic heterocycles. The van der Waals surface area contributed by atoms with Crippen LogP contribution in [0.2, 0.25) is 5.02 Å². The number of aliphatic hydroxyl groups is 1. The number of amides is 1. The van der Waals surface area contributed by atoms with Crippen molar-refractivity contribution >= 4 is 28.8 Å². The van der Waals surface area contributed by atoms with Gasteiger partial charge in [0.15, 0.2) is 0 Å². The highest BCUT2D eigenvalue weighted by Crippen LogP contribution is 2.27. The second kappa shape index (κ2) is 4.51. The van der Waals surface area contributed by atoms with E-state index in [-0.39, 0.29) is 12.5 Å². The molecule has 0 saturated carbocycles. The maximum absolute atomic E-state index is 11.8. The van der Waals surface area contributed by atoms with E-state index in [4.69, 9.17) is 16.7 Å². The van der Waals surface area contributed by atoms with E-state index in [1.807, 2.05) is 12.3 Å². The van der Waals surface area contributed by atoms with E-state index >= 15 is 0 Å². The minimum Gasteiger partial charge on any atom is -0.394 e. The summed E-state index contributed by atoms with van der Waals surface area (Å²) in [5.41, 5.74) is 0.270. The molecule has 1 aromatic heterocycles. The Morgan fingerprint density at radius 1 is 1.67 bits per heavy atom. The van der Waals surface area contributed by atoms with Crippen molar-refractivity contribution in [2.45, 2.75) is 26.3 Å². The summed E-state index contributed by atoms with van der Waals surface area (Å²) in [5, 5.41) is 14.1. The van der Waals surface area contributed by atoms with Crippen LogP contribution < -0.4 is 5.32 Å². The second-order valence-electron chi connectivity index (χ2n) is 4.06. The first-order valence-corrected chi connectivity index (χ1v) is 5.80. The van der Waals surface area contributed by atoms with Crippen LogP contribution in [0.3, 0.4) is 0 Å². The Balaban J connectivity index is 2.83. The molecule has 0 bridgehead atoms. The molecule has 0 spiro atoms. The quantitative estimate of drug-likeness (QED) is 0.861.